The van der Waals surface area contributed by atoms with Crippen LogP contribution in [0.5, 0.6) is 0 Å². The third-order valence-electron chi connectivity index (χ3n) is 17.1. The first-order chi connectivity index (χ1) is 38.3. The number of carbonyl (C=O) groups excluding carboxylic acids is 1. The fraction of sp³-hybridized carbons (Fsp3) is 0.957. The number of ether oxygens (including phenoxy) is 2. The molecule has 9 heteroatoms. The molecule has 1 aliphatic heterocycles. The van der Waals surface area contributed by atoms with Crippen molar-refractivity contribution in [1.82, 2.24) is 5.32 Å². The summed E-state index contributed by atoms with van der Waals surface area (Å²) in [6.07, 6.45) is 68.9. The highest BCUT2D eigenvalue weighted by molar-refractivity contribution is 5.76. The zero-order valence-electron chi connectivity index (χ0n) is 52.0. The Morgan fingerprint density at radius 3 is 1.00 bits per heavy atom. The number of nitrogens with one attached hydrogen (secondary N) is 1. The Morgan fingerprint density at radius 1 is 0.423 bits per heavy atom. The fourth-order valence-corrected chi connectivity index (χ4v) is 11.6. The average molecular weight is 1110 g/mol. The van der Waals surface area contributed by atoms with Gasteiger partial charge in [0.1, 0.15) is 24.4 Å². The number of allylic oxidation sites excluding steroid dienone is 1. The van der Waals surface area contributed by atoms with Gasteiger partial charge in [-0.2, -0.15) is 0 Å². The summed E-state index contributed by atoms with van der Waals surface area (Å²) in [5.74, 6) is -0.167. The Bertz CT molecular complexity index is 1240. The van der Waals surface area contributed by atoms with Crippen molar-refractivity contribution in [3.05, 3.63) is 12.2 Å². The molecule has 464 valence electrons. The number of unbranched alkanes of at least 4 members (excludes halogenated alkanes) is 52. The fourth-order valence-electron chi connectivity index (χ4n) is 11.6. The maximum atomic E-state index is 13.1. The molecule has 9 nitrogen and oxygen atoms in total. The lowest BCUT2D eigenvalue weighted by molar-refractivity contribution is -0.302. The summed E-state index contributed by atoms with van der Waals surface area (Å²) >= 11 is 0. The van der Waals surface area contributed by atoms with Gasteiger partial charge in [0.15, 0.2) is 6.29 Å². The summed E-state index contributed by atoms with van der Waals surface area (Å²) in [6, 6.07) is -0.802. The van der Waals surface area contributed by atoms with Crippen LogP contribution >= 0.6 is 0 Å². The molecule has 0 bridgehead atoms. The van der Waals surface area contributed by atoms with Gasteiger partial charge in [0.2, 0.25) is 5.91 Å². The molecule has 6 N–H and O–H groups in total. The molecule has 0 aromatic carbocycles. The predicted octanol–water partition coefficient (Wildman–Crippen LogP) is 18.7. The number of carbonyl (C=O) groups is 1. The van der Waals surface area contributed by atoms with E-state index in [1.165, 1.54) is 308 Å². The minimum atomic E-state index is -1.56. The van der Waals surface area contributed by atoms with Crippen LogP contribution in [0.25, 0.3) is 0 Å². The van der Waals surface area contributed by atoms with Crippen LogP contribution in [-0.4, -0.2) is 87.5 Å². The van der Waals surface area contributed by atoms with E-state index in [4.69, 9.17) is 9.47 Å². The van der Waals surface area contributed by atoms with E-state index in [-0.39, 0.29) is 12.5 Å². The molecular formula is C69H135NO8. The van der Waals surface area contributed by atoms with E-state index in [1.807, 2.05) is 6.08 Å². The quantitative estimate of drug-likeness (QED) is 0.0261. The summed E-state index contributed by atoms with van der Waals surface area (Å²) in [4.78, 5) is 13.1. The second kappa shape index (κ2) is 59.1. The van der Waals surface area contributed by atoms with Gasteiger partial charge in [-0.05, 0) is 19.3 Å². The van der Waals surface area contributed by atoms with Crippen molar-refractivity contribution in [1.29, 1.82) is 0 Å². The number of amides is 1. The molecule has 1 saturated heterocycles. The minimum absolute atomic E-state index is 0.167. The third-order valence-corrected chi connectivity index (χ3v) is 17.1. The summed E-state index contributed by atoms with van der Waals surface area (Å²) in [7, 11) is 0. The van der Waals surface area contributed by atoms with Gasteiger partial charge >= 0.3 is 0 Å². The standard InChI is InChI=1S/C69H135NO8/c1-3-5-7-9-11-13-15-17-19-21-23-25-27-29-31-33-35-37-39-41-43-45-47-49-51-53-55-57-59-65(73)70-62(61-77-69-68(76)67(75)66(74)64(60-71)78-69)63(72)58-56-54-52-50-48-46-44-42-40-38-36-34-32-30-28-26-24-22-20-18-16-14-12-10-8-6-4-2/h56,58,62-64,66-69,71-72,74-76H,3-55,57,59-61H2,1-2H3,(H,70,73)/b58-56+. The van der Waals surface area contributed by atoms with Gasteiger partial charge in [-0.1, -0.05) is 353 Å². The molecular weight excluding hydrogens is 971 g/mol. The molecule has 0 saturated carbocycles. The monoisotopic (exact) mass is 1110 g/mol. The van der Waals surface area contributed by atoms with Crippen LogP contribution in [-0.2, 0) is 14.3 Å². The van der Waals surface area contributed by atoms with Gasteiger partial charge < -0.3 is 40.3 Å². The van der Waals surface area contributed by atoms with Crippen molar-refractivity contribution in [3.63, 3.8) is 0 Å². The van der Waals surface area contributed by atoms with Gasteiger partial charge in [0.05, 0.1) is 25.4 Å². The van der Waals surface area contributed by atoms with Crippen molar-refractivity contribution in [3.8, 4) is 0 Å². The maximum absolute atomic E-state index is 13.1. The molecule has 1 heterocycles. The normalized spacial score (nSPS) is 18.6. The first kappa shape index (κ1) is 74.9. The van der Waals surface area contributed by atoms with Crippen molar-refractivity contribution in [2.75, 3.05) is 13.2 Å². The molecule has 1 aliphatic rings. The minimum Gasteiger partial charge on any atom is -0.394 e. The Morgan fingerprint density at radius 2 is 0.705 bits per heavy atom. The van der Waals surface area contributed by atoms with E-state index in [0.29, 0.717) is 6.42 Å². The van der Waals surface area contributed by atoms with Gasteiger partial charge in [0, 0.05) is 6.42 Å². The molecule has 0 aliphatic carbocycles. The van der Waals surface area contributed by atoms with Crippen LogP contribution < -0.4 is 5.32 Å². The van der Waals surface area contributed by atoms with E-state index in [2.05, 4.69) is 19.2 Å². The van der Waals surface area contributed by atoms with Crippen LogP contribution in [0.2, 0.25) is 0 Å². The van der Waals surface area contributed by atoms with Crippen molar-refractivity contribution < 1.29 is 39.8 Å². The highest BCUT2D eigenvalue weighted by Crippen LogP contribution is 2.24. The highest BCUT2D eigenvalue weighted by Gasteiger charge is 2.44. The van der Waals surface area contributed by atoms with Crippen molar-refractivity contribution in [2.45, 2.75) is 410 Å². The van der Waals surface area contributed by atoms with Crippen LogP contribution in [0.15, 0.2) is 12.2 Å². The van der Waals surface area contributed by atoms with Gasteiger partial charge in [-0.3, -0.25) is 4.79 Å². The number of aliphatic hydroxyl groups is 5. The maximum Gasteiger partial charge on any atom is 0.220 e. The summed E-state index contributed by atoms with van der Waals surface area (Å²) in [6.45, 7) is 3.85. The number of hydrogen-bond acceptors (Lipinski definition) is 8. The summed E-state index contributed by atoms with van der Waals surface area (Å²) in [5.41, 5.74) is 0. The average Bonchev–Trinajstić information content (AvgIpc) is 3.45. The van der Waals surface area contributed by atoms with Crippen LogP contribution in [0, 0.1) is 0 Å². The van der Waals surface area contributed by atoms with E-state index in [1.54, 1.807) is 6.08 Å². The smallest absolute Gasteiger partial charge is 0.220 e. The zero-order valence-corrected chi connectivity index (χ0v) is 52.0. The summed E-state index contributed by atoms with van der Waals surface area (Å²) < 4.78 is 11.3. The zero-order chi connectivity index (χ0) is 56.5. The Balaban J connectivity index is 2.12. The van der Waals surface area contributed by atoms with Crippen molar-refractivity contribution >= 4 is 5.91 Å². The molecule has 7 atom stereocenters. The first-order valence-electron chi connectivity index (χ1n) is 34.9. The van der Waals surface area contributed by atoms with Crippen molar-refractivity contribution in [2.24, 2.45) is 0 Å². The number of aliphatic hydroxyl groups excluding tert-OH is 5. The molecule has 0 aromatic rings. The SMILES string of the molecule is CCCCCCCCCCCCCCCCCCCCCCCCCCC/C=C/C(O)C(COC1OC(CO)C(O)C(O)C1O)NC(=O)CCCCCCCCCCCCCCCCCCCCCCCCCCCCCC. The van der Waals surface area contributed by atoms with E-state index < -0.39 is 49.5 Å². The van der Waals surface area contributed by atoms with E-state index in [0.717, 1.165) is 38.5 Å². The van der Waals surface area contributed by atoms with E-state index in [9.17, 15) is 30.3 Å². The lowest BCUT2D eigenvalue weighted by Gasteiger charge is -2.40. The van der Waals surface area contributed by atoms with Gasteiger partial charge in [0.25, 0.3) is 0 Å². The molecule has 0 radical (unpaired) electrons. The topological polar surface area (TPSA) is 149 Å². The Kier molecular flexibility index (Phi) is 56.8. The number of rotatable bonds is 62. The lowest BCUT2D eigenvalue weighted by atomic mass is 9.99. The first-order valence-corrected chi connectivity index (χ1v) is 34.9. The Labute approximate surface area is 484 Å². The largest absolute Gasteiger partial charge is 0.394 e. The Hall–Kier alpha value is -1.07. The second-order valence-electron chi connectivity index (χ2n) is 24.7. The molecule has 78 heavy (non-hydrogen) atoms. The second-order valence-corrected chi connectivity index (χ2v) is 24.7. The lowest BCUT2D eigenvalue weighted by Crippen LogP contribution is -2.60. The van der Waals surface area contributed by atoms with Gasteiger partial charge in [-0.25, -0.2) is 0 Å². The van der Waals surface area contributed by atoms with Crippen LogP contribution in [0.1, 0.15) is 367 Å². The highest BCUT2D eigenvalue weighted by atomic mass is 16.7. The molecule has 7 unspecified atom stereocenters. The predicted molar refractivity (Wildman–Crippen MR) is 332 cm³/mol. The molecule has 0 spiro atoms. The number of hydrogen-bond donors (Lipinski definition) is 6. The van der Waals surface area contributed by atoms with Gasteiger partial charge in [-0.15, -0.1) is 0 Å². The third kappa shape index (κ3) is 47.4. The molecule has 0 aromatic heterocycles. The van der Waals surface area contributed by atoms with Crippen LogP contribution in [0.3, 0.4) is 0 Å². The molecule has 1 amide bonds. The summed E-state index contributed by atoms with van der Waals surface area (Å²) in [5, 5.41) is 54.8. The molecule has 1 rings (SSSR count). The van der Waals surface area contributed by atoms with Crippen LogP contribution in [0.4, 0.5) is 0 Å². The van der Waals surface area contributed by atoms with E-state index >= 15 is 0 Å². The molecule has 1 fully saturated rings.